The van der Waals surface area contributed by atoms with E-state index in [1.807, 2.05) is 25.6 Å². The molecule has 0 bridgehead atoms. The van der Waals surface area contributed by atoms with Crippen molar-refractivity contribution in [2.75, 3.05) is 7.05 Å². The van der Waals surface area contributed by atoms with Crippen LogP contribution in [0.3, 0.4) is 0 Å². The normalized spacial score (nSPS) is 23.4. The van der Waals surface area contributed by atoms with E-state index >= 15 is 0 Å². The van der Waals surface area contributed by atoms with E-state index in [0.717, 1.165) is 0 Å². The lowest BCUT2D eigenvalue weighted by atomic mass is 9.86. The average molecular weight is 227 g/mol. The molecule has 1 heterocycles. The first-order valence-corrected chi connectivity index (χ1v) is 6.13. The maximum Gasteiger partial charge on any atom is 0.0953 e. The van der Waals surface area contributed by atoms with Crippen molar-refractivity contribution in [1.82, 2.24) is 14.9 Å². The average Bonchev–Trinajstić information content (AvgIpc) is 2.78. The number of aromatic nitrogens is 2. The maximum absolute atomic E-state index is 4.29. The van der Waals surface area contributed by atoms with Crippen LogP contribution >= 0.6 is 0 Å². The third-order valence-corrected chi connectivity index (χ3v) is 3.65. The van der Waals surface area contributed by atoms with Gasteiger partial charge in [-0.3, -0.25) is 0 Å². The highest BCUT2D eigenvalue weighted by molar-refractivity contribution is 5.58. The smallest absolute Gasteiger partial charge is 0.0953 e. The Balaban J connectivity index is 1.86. The summed E-state index contributed by atoms with van der Waals surface area (Å²) >= 11 is 0. The molecule has 0 aliphatic heterocycles. The van der Waals surface area contributed by atoms with E-state index in [2.05, 4.69) is 39.1 Å². The molecule has 1 aliphatic rings. The fourth-order valence-electron chi connectivity index (χ4n) is 2.48. The standard InChI is InChI=1S/C14H17N3/c1-15-12-7-13(8-12)17-10-16-9-14(17)11-5-3-2-4-6-11/h2-6,9-10,12-13,15H,7-8H2,1H3. The van der Waals surface area contributed by atoms with E-state index < -0.39 is 0 Å². The van der Waals surface area contributed by atoms with E-state index in [9.17, 15) is 0 Å². The lowest BCUT2D eigenvalue weighted by Gasteiger charge is -2.36. The number of hydrogen-bond acceptors (Lipinski definition) is 2. The largest absolute Gasteiger partial charge is 0.327 e. The third kappa shape index (κ3) is 1.87. The van der Waals surface area contributed by atoms with Gasteiger partial charge < -0.3 is 9.88 Å². The zero-order valence-corrected chi connectivity index (χ0v) is 10.0. The number of nitrogens with zero attached hydrogens (tertiary/aromatic N) is 2. The quantitative estimate of drug-likeness (QED) is 0.873. The first-order valence-electron chi connectivity index (χ1n) is 6.13. The van der Waals surface area contributed by atoms with Crippen molar-refractivity contribution >= 4 is 0 Å². The zero-order chi connectivity index (χ0) is 11.7. The highest BCUT2D eigenvalue weighted by atomic mass is 15.1. The van der Waals surface area contributed by atoms with Crippen molar-refractivity contribution in [3.8, 4) is 11.3 Å². The maximum atomic E-state index is 4.29. The van der Waals surface area contributed by atoms with Gasteiger partial charge in [0.1, 0.15) is 0 Å². The molecule has 17 heavy (non-hydrogen) atoms. The lowest BCUT2D eigenvalue weighted by molar-refractivity contribution is 0.237. The van der Waals surface area contributed by atoms with Crippen LogP contribution in [-0.2, 0) is 0 Å². The fourth-order valence-corrected chi connectivity index (χ4v) is 2.48. The molecular weight excluding hydrogens is 210 g/mol. The van der Waals surface area contributed by atoms with Gasteiger partial charge in [-0.1, -0.05) is 30.3 Å². The molecule has 0 amide bonds. The van der Waals surface area contributed by atoms with Gasteiger partial charge in [-0.15, -0.1) is 0 Å². The van der Waals surface area contributed by atoms with Crippen molar-refractivity contribution in [3.05, 3.63) is 42.9 Å². The highest BCUT2D eigenvalue weighted by Crippen LogP contribution is 2.35. The van der Waals surface area contributed by atoms with E-state index in [4.69, 9.17) is 0 Å². The van der Waals surface area contributed by atoms with Crippen molar-refractivity contribution in [2.24, 2.45) is 0 Å². The van der Waals surface area contributed by atoms with Crippen LogP contribution in [0.4, 0.5) is 0 Å². The topological polar surface area (TPSA) is 29.9 Å². The van der Waals surface area contributed by atoms with E-state index in [0.29, 0.717) is 12.1 Å². The molecule has 1 aliphatic carbocycles. The molecule has 0 unspecified atom stereocenters. The Morgan fingerprint density at radius 2 is 2.00 bits per heavy atom. The second-order valence-electron chi connectivity index (χ2n) is 4.66. The summed E-state index contributed by atoms with van der Waals surface area (Å²) in [7, 11) is 2.03. The zero-order valence-electron chi connectivity index (χ0n) is 10.0. The highest BCUT2D eigenvalue weighted by Gasteiger charge is 2.30. The Bertz CT molecular complexity index is 483. The monoisotopic (exact) mass is 227 g/mol. The Morgan fingerprint density at radius 3 is 2.71 bits per heavy atom. The SMILES string of the molecule is CNC1CC(n2cncc2-c2ccccc2)C1. The van der Waals surface area contributed by atoms with Crippen molar-refractivity contribution in [3.63, 3.8) is 0 Å². The molecule has 3 heteroatoms. The van der Waals surface area contributed by atoms with Crippen LogP contribution in [0.2, 0.25) is 0 Å². The van der Waals surface area contributed by atoms with Gasteiger partial charge in [0.2, 0.25) is 0 Å². The molecule has 1 saturated carbocycles. The van der Waals surface area contributed by atoms with Gasteiger partial charge in [0.05, 0.1) is 18.2 Å². The summed E-state index contributed by atoms with van der Waals surface area (Å²) in [4.78, 5) is 4.29. The molecule has 1 N–H and O–H groups in total. The van der Waals surface area contributed by atoms with Gasteiger partial charge in [-0.25, -0.2) is 4.98 Å². The van der Waals surface area contributed by atoms with Crippen LogP contribution in [0, 0.1) is 0 Å². The molecule has 0 atom stereocenters. The molecule has 1 fully saturated rings. The van der Waals surface area contributed by atoms with Crippen LogP contribution in [0.25, 0.3) is 11.3 Å². The van der Waals surface area contributed by atoms with Gasteiger partial charge in [0.25, 0.3) is 0 Å². The molecule has 1 aromatic heterocycles. The van der Waals surface area contributed by atoms with Gasteiger partial charge >= 0.3 is 0 Å². The number of nitrogens with one attached hydrogen (secondary N) is 1. The Hall–Kier alpha value is -1.61. The Kier molecular flexibility index (Phi) is 2.69. The summed E-state index contributed by atoms with van der Waals surface area (Å²) in [6.07, 6.45) is 6.32. The molecule has 1 aromatic carbocycles. The molecule has 0 radical (unpaired) electrons. The minimum atomic E-state index is 0.602. The molecular formula is C14H17N3. The number of rotatable bonds is 3. The fraction of sp³-hybridized carbons (Fsp3) is 0.357. The summed E-state index contributed by atoms with van der Waals surface area (Å²) in [5.74, 6) is 0. The molecule has 0 spiro atoms. The summed E-state index contributed by atoms with van der Waals surface area (Å²) in [6, 6.07) is 11.7. The Morgan fingerprint density at radius 1 is 1.24 bits per heavy atom. The molecule has 3 nitrogen and oxygen atoms in total. The second kappa shape index (κ2) is 4.34. The number of benzene rings is 1. The first kappa shape index (κ1) is 10.5. The summed E-state index contributed by atoms with van der Waals surface area (Å²) in [6.45, 7) is 0. The lowest BCUT2D eigenvalue weighted by Crippen LogP contribution is -2.40. The van der Waals surface area contributed by atoms with Gasteiger partial charge in [0.15, 0.2) is 0 Å². The van der Waals surface area contributed by atoms with Crippen LogP contribution in [-0.4, -0.2) is 22.6 Å². The summed E-state index contributed by atoms with van der Waals surface area (Å²) in [5.41, 5.74) is 2.48. The second-order valence-corrected chi connectivity index (χ2v) is 4.66. The van der Waals surface area contributed by atoms with Gasteiger partial charge in [0, 0.05) is 12.1 Å². The van der Waals surface area contributed by atoms with E-state index in [1.165, 1.54) is 24.1 Å². The molecule has 88 valence electrons. The molecule has 2 aromatic rings. The molecule has 3 rings (SSSR count). The summed E-state index contributed by atoms with van der Waals surface area (Å²) in [5, 5.41) is 3.32. The van der Waals surface area contributed by atoms with E-state index in [-0.39, 0.29) is 0 Å². The van der Waals surface area contributed by atoms with Crippen molar-refractivity contribution in [1.29, 1.82) is 0 Å². The number of hydrogen-bond donors (Lipinski definition) is 1. The predicted octanol–water partition coefficient (Wildman–Crippen LogP) is 2.47. The van der Waals surface area contributed by atoms with Crippen LogP contribution in [0.5, 0.6) is 0 Å². The van der Waals surface area contributed by atoms with Crippen molar-refractivity contribution < 1.29 is 0 Å². The van der Waals surface area contributed by atoms with Crippen LogP contribution in [0.1, 0.15) is 18.9 Å². The van der Waals surface area contributed by atoms with Crippen LogP contribution < -0.4 is 5.32 Å². The van der Waals surface area contributed by atoms with Crippen LogP contribution in [0.15, 0.2) is 42.9 Å². The van der Waals surface area contributed by atoms with Gasteiger partial charge in [-0.2, -0.15) is 0 Å². The first-order chi connectivity index (χ1) is 8.38. The number of imidazole rings is 1. The van der Waals surface area contributed by atoms with Gasteiger partial charge in [-0.05, 0) is 25.5 Å². The third-order valence-electron chi connectivity index (χ3n) is 3.65. The van der Waals surface area contributed by atoms with E-state index in [1.54, 1.807) is 0 Å². The summed E-state index contributed by atoms with van der Waals surface area (Å²) < 4.78 is 2.31. The molecule has 0 saturated heterocycles. The predicted molar refractivity (Wildman–Crippen MR) is 68.8 cm³/mol. The minimum absolute atomic E-state index is 0.602. The Labute approximate surface area is 101 Å². The minimum Gasteiger partial charge on any atom is -0.327 e. The van der Waals surface area contributed by atoms with Crippen molar-refractivity contribution in [2.45, 2.75) is 24.9 Å².